The first-order valence-corrected chi connectivity index (χ1v) is 6.66. The lowest BCUT2D eigenvalue weighted by Gasteiger charge is -2.32. The SMILES string of the molecule is CN1CCN(C(=O)CNCCc2ncn(C)n2)CC1. The molecule has 0 bridgehead atoms. The van der Waals surface area contributed by atoms with Crippen LogP contribution in [0.15, 0.2) is 6.33 Å². The van der Waals surface area contributed by atoms with Crippen molar-refractivity contribution in [2.24, 2.45) is 7.05 Å². The Morgan fingerprint density at radius 1 is 1.32 bits per heavy atom. The third-order valence-electron chi connectivity index (χ3n) is 3.30. The first kappa shape index (κ1) is 14.0. The normalized spacial score (nSPS) is 16.8. The van der Waals surface area contributed by atoms with E-state index in [1.165, 1.54) is 0 Å². The first-order valence-electron chi connectivity index (χ1n) is 6.66. The maximum absolute atomic E-state index is 11.9. The molecule has 1 aromatic rings. The third kappa shape index (κ3) is 4.29. The van der Waals surface area contributed by atoms with Crippen molar-refractivity contribution in [2.75, 3.05) is 46.3 Å². The van der Waals surface area contributed by atoms with Gasteiger partial charge in [0.05, 0.1) is 6.54 Å². The Balaban J connectivity index is 1.61. The van der Waals surface area contributed by atoms with Gasteiger partial charge in [0.1, 0.15) is 6.33 Å². The van der Waals surface area contributed by atoms with E-state index in [0.29, 0.717) is 6.54 Å². The predicted octanol–water partition coefficient (Wildman–Crippen LogP) is -1.28. The largest absolute Gasteiger partial charge is 0.339 e. The molecule has 0 radical (unpaired) electrons. The summed E-state index contributed by atoms with van der Waals surface area (Å²) in [6.45, 7) is 4.71. The molecule has 0 spiro atoms. The minimum Gasteiger partial charge on any atom is -0.339 e. The van der Waals surface area contributed by atoms with Crippen molar-refractivity contribution in [2.45, 2.75) is 6.42 Å². The van der Waals surface area contributed by atoms with Crippen molar-refractivity contribution in [3.05, 3.63) is 12.2 Å². The number of nitrogens with one attached hydrogen (secondary N) is 1. The number of rotatable bonds is 5. The van der Waals surface area contributed by atoms with Crippen molar-refractivity contribution >= 4 is 5.91 Å². The smallest absolute Gasteiger partial charge is 0.236 e. The van der Waals surface area contributed by atoms with Gasteiger partial charge in [0, 0.05) is 46.2 Å². The van der Waals surface area contributed by atoms with Crippen LogP contribution in [0.5, 0.6) is 0 Å². The van der Waals surface area contributed by atoms with Gasteiger partial charge in [-0.1, -0.05) is 0 Å². The van der Waals surface area contributed by atoms with Gasteiger partial charge in [0.25, 0.3) is 0 Å². The molecular weight excluding hydrogens is 244 g/mol. The van der Waals surface area contributed by atoms with Crippen LogP contribution in [-0.2, 0) is 18.3 Å². The van der Waals surface area contributed by atoms with E-state index in [4.69, 9.17) is 0 Å². The lowest BCUT2D eigenvalue weighted by atomic mass is 10.3. The van der Waals surface area contributed by atoms with Crippen LogP contribution in [0.25, 0.3) is 0 Å². The van der Waals surface area contributed by atoms with Crippen LogP contribution >= 0.6 is 0 Å². The summed E-state index contributed by atoms with van der Waals surface area (Å²) < 4.78 is 1.69. The summed E-state index contributed by atoms with van der Waals surface area (Å²) in [5, 5.41) is 7.35. The number of piperazine rings is 1. The monoisotopic (exact) mass is 266 g/mol. The number of hydrogen-bond donors (Lipinski definition) is 1. The zero-order valence-corrected chi connectivity index (χ0v) is 11.7. The molecule has 1 aliphatic heterocycles. The molecule has 2 rings (SSSR count). The van der Waals surface area contributed by atoms with Gasteiger partial charge in [-0.3, -0.25) is 9.48 Å². The highest BCUT2D eigenvalue weighted by Crippen LogP contribution is 1.98. The van der Waals surface area contributed by atoms with Gasteiger partial charge < -0.3 is 15.1 Å². The fraction of sp³-hybridized carbons (Fsp3) is 0.750. The Morgan fingerprint density at radius 2 is 2.05 bits per heavy atom. The van der Waals surface area contributed by atoms with E-state index in [9.17, 15) is 4.79 Å². The molecule has 19 heavy (non-hydrogen) atoms. The maximum Gasteiger partial charge on any atom is 0.236 e. The lowest BCUT2D eigenvalue weighted by Crippen LogP contribution is -2.49. The molecule has 0 atom stereocenters. The van der Waals surface area contributed by atoms with Gasteiger partial charge >= 0.3 is 0 Å². The molecular formula is C12H22N6O. The van der Waals surface area contributed by atoms with Crippen LogP contribution in [0.2, 0.25) is 0 Å². The van der Waals surface area contributed by atoms with Gasteiger partial charge in [-0.15, -0.1) is 0 Å². The Kier molecular flexibility index (Phi) is 4.86. The van der Waals surface area contributed by atoms with E-state index >= 15 is 0 Å². The summed E-state index contributed by atoms with van der Waals surface area (Å²) in [4.78, 5) is 20.2. The van der Waals surface area contributed by atoms with Gasteiger partial charge in [-0.05, 0) is 7.05 Å². The van der Waals surface area contributed by atoms with Crippen molar-refractivity contribution < 1.29 is 4.79 Å². The summed E-state index contributed by atoms with van der Waals surface area (Å²) in [5.74, 6) is 0.990. The Bertz CT molecular complexity index is 410. The summed E-state index contributed by atoms with van der Waals surface area (Å²) in [6.07, 6.45) is 2.43. The zero-order chi connectivity index (χ0) is 13.7. The van der Waals surface area contributed by atoms with Crippen LogP contribution in [0.4, 0.5) is 0 Å². The first-order chi connectivity index (χ1) is 9.15. The maximum atomic E-state index is 11.9. The summed E-state index contributed by atoms with van der Waals surface area (Å²) in [7, 11) is 3.93. The highest BCUT2D eigenvalue weighted by atomic mass is 16.2. The minimum absolute atomic E-state index is 0.182. The average molecular weight is 266 g/mol. The zero-order valence-electron chi connectivity index (χ0n) is 11.7. The van der Waals surface area contributed by atoms with E-state index in [1.54, 1.807) is 11.0 Å². The number of carbonyl (C=O) groups excluding carboxylic acids is 1. The standard InChI is InChI=1S/C12H22N6O/c1-16-5-7-18(8-6-16)12(19)9-13-4-3-11-14-10-17(2)15-11/h10,13H,3-9H2,1-2H3. The fourth-order valence-electron chi connectivity index (χ4n) is 2.06. The Morgan fingerprint density at radius 3 is 2.68 bits per heavy atom. The number of nitrogens with zero attached hydrogens (tertiary/aromatic N) is 5. The van der Waals surface area contributed by atoms with E-state index in [2.05, 4.69) is 27.3 Å². The van der Waals surface area contributed by atoms with Crippen LogP contribution in [0.3, 0.4) is 0 Å². The second-order valence-corrected chi connectivity index (χ2v) is 4.95. The van der Waals surface area contributed by atoms with Crippen molar-refractivity contribution in [1.29, 1.82) is 0 Å². The summed E-state index contributed by atoms with van der Waals surface area (Å²) >= 11 is 0. The van der Waals surface area contributed by atoms with Crippen molar-refractivity contribution in [3.8, 4) is 0 Å². The highest BCUT2D eigenvalue weighted by Gasteiger charge is 2.18. The molecule has 7 heteroatoms. The van der Waals surface area contributed by atoms with Gasteiger partial charge in [0.15, 0.2) is 5.82 Å². The Hall–Kier alpha value is -1.47. The summed E-state index contributed by atoms with van der Waals surface area (Å²) in [6, 6.07) is 0. The van der Waals surface area contributed by atoms with Crippen LogP contribution in [-0.4, -0.2) is 76.8 Å². The van der Waals surface area contributed by atoms with E-state index in [0.717, 1.165) is 45.0 Å². The molecule has 2 heterocycles. The van der Waals surface area contributed by atoms with Crippen molar-refractivity contribution in [3.63, 3.8) is 0 Å². The fourth-order valence-corrected chi connectivity index (χ4v) is 2.06. The number of aromatic nitrogens is 3. The third-order valence-corrected chi connectivity index (χ3v) is 3.30. The minimum atomic E-state index is 0.182. The second kappa shape index (κ2) is 6.63. The van der Waals surface area contributed by atoms with Gasteiger partial charge in [-0.2, -0.15) is 5.10 Å². The van der Waals surface area contributed by atoms with Gasteiger partial charge in [0.2, 0.25) is 5.91 Å². The number of hydrogen-bond acceptors (Lipinski definition) is 5. The van der Waals surface area contributed by atoms with Crippen LogP contribution in [0.1, 0.15) is 5.82 Å². The highest BCUT2D eigenvalue weighted by molar-refractivity contribution is 5.78. The number of aryl methyl sites for hydroxylation is 1. The molecule has 1 saturated heterocycles. The van der Waals surface area contributed by atoms with E-state index in [-0.39, 0.29) is 5.91 Å². The number of likely N-dealkylation sites (N-methyl/N-ethyl adjacent to an activating group) is 1. The molecule has 1 N–H and O–H groups in total. The van der Waals surface area contributed by atoms with Crippen LogP contribution < -0.4 is 5.32 Å². The molecule has 7 nitrogen and oxygen atoms in total. The molecule has 1 amide bonds. The summed E-state index contributed by atoms with van der Waals surface area (Å²) in [5.41, 5.74) is 0. The molecule has 1 aromatic heterocycles. The topological polar surface area (TPSA) is 66.3 Å². The van der Waals surface area contributed by atoms with Crippen molar-refractivity contribution in [1.82, 2.24) is 29.9 Å². The number of amides is 1. The average Bonchev–Trinajstić information content (AvgIpc) is 2.81. The van der Waals surface area contributed by atoms with E-state index in [1.807, 2.05) is 11.9 Å². The number of carbonyl (C=O) groups is 1. The quantitative estimate of drug-likeness (QED) is 0.673. The molecule has 1 fully saturated rings. The molecule has 0 saturated carbocycles. The lowest BCUT2D eigenvalue weighted by molar-refractivity contribution is -0.131. The molecule has 1 aliphatic rings. The van der Waals surface area contributed by atoms with E-state index < -0.39 is 0 Å². The Labute approximate surface area is 113 Å². The molecule has 0 aromatic carbocycles. The second-order valence-electron chi connectivity index (χ2n) is 4.95. The van der Waals surface area contributed by atoms with Gasteiger partial charge in [-0.25, -0.2) is 4.98 Å². The molecule has 106 valence electrons. The predicted molar refractivity (Wildman–Crippen MR) is 71.7 cm³/mol. The van der Waals surface area contributed by atoms with Crippen LogP contribution in [0, 0.1) is 0 Å². The molecule has 0 aliphatic carbocycles. The molecule has 0 unspecified atom stereocenters.